The van der Waals surface area contributed by atoms with E-state index in [0.29, 0.717) is 12.5 Å². The molecule has 2 atom stereocenters. The Morgan fingerprint density at radius 2 is 2.10 bits per heavy atom. The average molecular weight is 342 g/mol. The molecule has 20 heavy (non-hydrogen) atoms. The third-order valence-corrected chi connectivity index (χ3v) is 4.47. The van der Waals surface area contributed by atoms with Crippen molar-refractivity contribution in [3.05, 3.63) is 28.2 Å². The molecular weight excluding hydrogens is 318 g/mol. The van der Waals surface area contributed by atoms with Crippen molar-refractivity contribution in [3.63, 3.8) is 0 Å². The van der Waals surface area contributed by atoms with Crippen molar-refractivity contribution in [3.8, 4) is 5.75 Å². The molecule has 0 spiro atoms. The lowest BCUT2D eigenvalue weighted by Gasteiger charge is -2.19. The lowest BCUT2D eigenvalue weighted by Crippen LogP contribution is -2.21. The molecule has 2 rings (SSSR count). The first kappa shape index (κ1) is 15.8. The van der Waals surface area contributed by atoms with Gasteiger partial charge < -0.3 is 15.6 Å². The predicted molar refractivity (Wildman–Crippen MR) is 84.8 cm³/mol. The van der Waals surface area contributed by atoms with Crippen LogP contribution in [0.5, 0.6) is 5.75 Å². The minimum absolute atomic E-state index is 0.0786. The first-order valence-corrected chi connectivity index (χ1v) is 8.21. The minimum Gasteiger partial charge on any atom is -0.491 e. The van der Waals surface area contributed by atoms with Crippen LogP contribution in [0.15, 0.2) is 22.7 Å². The van der Waals surface area contributed by atoms with E-state index in [1.807, 2.05) is 25.1 Å². The van der Waals surface area contributed by atoms with Crippen LogP contribution in [0.2, 0.25) is 0 Å². The zero-order valence-electron chi connectivity index (χ0n) is 12.0. The van der Waals surface area contributed by atoms with Gasteiger partial charge in [0.1, 0.15) is 12.4 Å². The molecule has 1 aromatic rings. The number of hydrogen-bond donors (Lipinski definition) is 2. The van der Waals surface area contributed by atoms with Gasteiger partial charge >= 0.3 is 0 Å². The Kier molecular flexibility index (Phi) is 5.87. The highest BCUT2D eigenvalue weighted by Gasteiger charge is 2.19. The Balaban J connectivity index is 1.90. The molecule has 0 aliphatic heterocycles. The van der Waals surface area contributed by atoms with Gasteiger partial charge in [-0.25, -0.2) is 0 Å². The van der Waals surface area contributed by atoms with Gasteiger partial charge in [0.2, 0.25) is 0 Å². The molecule has 0 radical (unpaired) electrons. The molecule has 3 nitrogen and oxygen atoms in total. The van der Waals surface area contributed by atoms with Crippen molar-refractivity contribution in [2.45, 2.75) is 51.2 Å². The van der Waals surface area contributed by atoms with Crippen LogP contribution in [0, 0.1) is 5.92 Å². The summed E-state index contributed by atoms with van der Waals surface area (Å²) in [6, 6.07) is 5.76. The summed E-state index contributed by atoms with van der Waals surface area (Å²) >= 11 is 3.44. The van der Waals surface area contributed by atoms with Crippen LogP contribution < -0.4 is 10.5 Å². The number of nitrogens with two attached hydrogens (primary N) is 1. The maximum Gasteiger partial charge on any atom is 0.125 e. The summed E-state index contributed by atoms with van der Waals surface area (Å²) in [5.41, 5.74) is 6.92. The van der Waals surface area contributed by atoms with Crippen molar-refractivity contribution in [2.75, 3.05) is 6.61 Å². The molecule has 1 aromatic carbocycles. The summed E-state index contributed by atoms with van der Waals surface area (Å²) in [6.07, 6.45) is 5.56. The monoisotopic (exact) mass is 341 g/mol. The first-order chi connectivity index (χ1) is 9.56. The van der Waals surface area contributed by atoms with Crippen molar-refractivity contribution in [1.82, 2.24) is 0 Å². The Morgan fingerprint density at radius 1 is 1.40 bits per heavy atom. The maximum absolute atomic E-state index is 10.1. The molecule has 0 aromatic heterocycles. The Hall–Kier alpha value is -0.580. The number of ether oxygens (including phenoxy) is 1. The molecule has 4 heteroatoms. The van der Waals surface area contributed by atoms with Crippen LogP contribution in [0.4, 0.5) is 0 Å². The third-order valence-electron chi connectivity index (χ3n) is 3.98. The Morgan fingerprint density at radius 3 is 2.75 bits per heavy atom. The smallest absolute Gasteiger partial charge is 0.125 e. The molecule has 1 aliphatic carbocycles. The van der Waals surface area contributed by atoms with Crippen LogP contribution in [0.3, 0.4) is 0 Å². The molecule has 1 fully saturated rings. The van der Waals surface area contributed by atoms with Crippen molar-refractivity contribution in [1.29, 1.82) is 0 Å². The van der Waals surface area contributed by atoms with Crippen LogP contribution in [-0.2, 0) is 0 Å². The molecule has 0 heterocycles. The summed E-state index contributed by atoms with van der Waals surface area (Å²) in [5.74, 6) is 1.43. The number of rotatable bonds is 6. The number of halogens is 1. The molecule has 1 saturated carbocycles. The van der Waals surface area contributed by atoms with Gasteiger partial charge in [0.25, 0.3) is 0 Å². The minimum atomic E-state index is -0.391. The van der Waals surface area contributed by atoms with E-state index in [9.17, 15) is 5.11 Å². The van der Waals surface area contributed by atoms with E-state index < -0.39 is 6.10 Å². The zero-order chi connectivity index (χ0) is 14.5. The first-order valence-electron chi connectivity index (χ1n) is 7.42. The van der Waals surface area contributed by atoms with Crippen molar-refractivity contribution < 1.29 is 9.84 Å². The van der Waals surface area contributed by atoms with Gasteiger partial charge in [-0.2, -0.15) is 0 Å². The van der Waals surface area contributed by atoms with E-state index in [1.54, 1.807) is 0 Å². The Labute approximate surface area is 129 Å². The summed E-state index contributed by atoms with van der Waals surface area (Å²) in [6.45, 7) is 2.28. The fourth-order valence-electron chi connectivity index (χ4n) is 2.89. The van der Waals surface area contributed by atoms with Crippen molar-refractivity contribution in [2.24, 2.45) is 11.7 Å². The predicted octanol–water partition coefficient (Wildman–Crippen LogP) is 3.79. The lowest BCUT2D eigenvalue weighted by molar-refractivity contribution is 0.0849. The standard InChI is InChI=1S/C16H24BrNO2/c1-11(18)15-7-6-13(17)9-16(15)20-10-14(19)8-12-4-2-3-5-12/h6-7,9,11-12,14,19H,2-5,8,10,18H2,1H3/t11-,14?/m1/s1. The quantitative estimate of drug-likeness (QED) is 0.827. The fraction of sp³-hybridized carbons (Fsp3) is 0.625. The second-order valence-corrected chi connectivity index (χ2v) is 6.74. The van der Waals surface area contributed by atoms with Gasteiger partial charge in [-0.15, -0.1) is 0 Å². The van der Waals surface area contributed by atoms with Gasteiger partial charge in [-0.1, -0.05) is 47.7 Å². The van der Waals surface area contributed by atoms with Crippen LogP contribution in [-0.4, -0.2) is 17.8 Å². The number of benzene rings is 1. The van der Waals surface area contributed by atoms with Gasteiger partial charge in [0, 0.05) is 16.1 Å². The zero-order valence-corrected chi connectivity index (χ0v) is 13.6. The summed E-state index contributed by atoms with van der Waals surface area (Å²) in [4.78, 5) is 0. The topological polar surface area (TPSA) is 55.5 Å². The maximum atomic E-state index is 10.1. The van der Waals surface area contributed by atoms with E-state index in [-0.39, 0.29) is 6.04 Å². The number of aliphatic hydroxyl groups excluding tert-OH is 1. The molecule has 1 aliphatic rings. The third kappa shape index (κ3) is 4.47. The summed E-state index contributed by atoms with van der Waals surface area (Å²) in [5, 5.41) is 10.1. The summed E-state index contributed by atoms with van der Waals surface area (Å²) < 4.78 is 6.75. The van der Waals surface area contributed by atoms with E-state index in [1.165, 1.54) is 25.7 Å². The highest BCUT2D eigenvalue weighted by molar-refractivity contribution is 9.10. The molecule has 0 amide bonds. The molecule has 0 bridgehead atoms. The Bertz CT molecular complexity index is 430. The number of aliphatic hydroxyl groups is 1. The van der Waals surface area contributed by atoms with Gasteiger partial charge in [0.05, 0.1) is 6.10 Å². The SMILES string of the molecule is C[C@@H](N)c1ccc(Br)cc1OCC(O)CC1CCCC1. The van der Waals surface area contributed by atoms with Crippen molar-refractivity contribution >= 4 is 15.9 Å². The average Bonchev–Trinajstić information content (AvgIpc) is 2.89. The van der Waals surface area contributed by atoms with E-state index in [4.69, 9.17) is 10.5 Å². The molecule has 0 saturated heterocycles. The van der Waals surface area contributed by atoms with Crippen LogP contribution in [0.25, 0.3) is 0 Å². The normalized spacial score (nSPS) is 19.0. The highest BCUT2D eigenvalue weighted by atomic mass is 79.9. The van der Waals surface area contributed by atoms with E-state index in [0.717, 1.165) is 22.2 Å². The fourth-order valence-corrected chi connectivity index (χ4v) is 3.23. The van der Waals surface area contributed by atoms with Gasteiger partial charge in [-0.05, 0) is 31.4 Å². The van der Waals surface area contributed by atoms with Crippen LogP contribution in [0.1, 0.15) is 50.6 Å². The second kappa shape index (κ2) is 7.43. The second-order valence-electron chi connectivity index (χ2n) is 5.82. The van der Waals surface area contributed by atoms with E-state index in [2.05, 4.69) is 15.9 Å². The van der Waals surface area contributed by atoms with Crippen LogP contribution >= 0.6 is 15.9 Å². The lowest BCUT2D eigenvalue weighted by atomic mass is 10.0. The van der Waals surface area contributed by atoms with E-state index >= 15 is 0 Å². The highest BCUT2D eigenvalue weighted by Crippen LogP contribution is 2.30. The number of hydrogen-bond acceptors (Lipinski definition) is 3. The van der Waals surface area contributed by atoms with Gasteiger partial charge in [-0.3, -0.25) is 0 Å². The van der Waals surface area contributed by atoms with Gasteiger partial charge in [0.15, 0.2) is 0 Å². The summed E-state index contributed by atoms with van der Waals surface area (Å²) in [7, 11) is 0. The molecule has 3 N–H and O–H groups in total. The molecule has 112 valence electrons. The largest absolute Gasteiger partial charge is 0.491 e. The molecular formula is C16H24BrNO2. The molecule has 1 unspecified atom stereocenters.